The van der Waals surface area contributed by atoms with Crippen LogP contribution in [0.2, 0.25) is 0 Å². The smallest absolute Gasteiger partial charge is 0.253 e. The van der Waals surface area contributed by atoms with E-state index in [0.29, 0.717) is 17.3 Å². The Balaban J connectivity index is 1.37. The van der Waals surface area contributed by atoms with E-state index in [1.54, 1.807) is 19.2 Å². The molecule has 5 aromatic rings. The summed E-state index contributed by atoms with van der Waals surface area (Å²) in [7, 11) is 1.50. The molecule has 0 fully saturated rings. The number of nitrogens with one attached hydrogen (secondary N) is 2. The summed E-state index contributed by atoms with van der Waals surface area (Å²) in [5, 5.41) is 6.99. The van der Waals surface area contributed by atoms with Crippen LogP contribution in [0.15, 0.2) is 73.4 Å². The molecule has 3 heterocycles. The van der Waals surface area contributed by atoms with E-state index in [4.69, 9.17) is 9.47 Å². The third-order valence-corrected chi connectivity index (χ3v) is 5.66. The lowest BCUT2D eigenvalue weighted by Crippen LogP contribution is -2.26. The second-order valence-electron chi connectivity index (χ2n) is 8.08. The van der Waals surface area contributed by atoms with Crippen LogP contribution in [-0.4, -0.2) is 38.5 Å². The van der Waals surface area contributed by atoms with Crippen LogP contribution in [0.1, 0.15) is 12.5 Å². The second kappa shape index (κ2) is 9.40. The Hall–Kier alpha value is -4.50. The summed E-state index contributed by atoms with van der Waals surface area (Å²) in [6.07, 6.45) is 6.50. The lowest BCUT2D eigenvalue weighted by molar-refractivity contribution is -0.124. The molecule has 0 bridgehead atoms. The maximum atomic E-state index is 12.2. The molecule has 9 nitrogen and oxygen atoms in total. The molecule has 1 amide bonds. The van der Waals surface area contributed by atoms with Gasteiger partial charge in [-0.2, -0.15) is 0 Å². The molecule has 3 aromatic heterocycles. The van der Waals surface area contributed by atoms with E-state index in [1.807, 2.05) is 66.2 Å². The van der Waals surface area contributed by atoms with Crippen molar-refractivity contribution < 1.29 is 14.3 Å². The lowest BCUT2D eigenvalue weighted by atomic mass is 10.1. The molecule has 0 spiro atoms. The summed E-state index contributed by atoms with van der Waals surface area (Å²) in [5.74, 6) is 1.86. The van der Waals surface area contributed by atoms with Crippen molar-refractivity contribution in [1.29, 1.82) is 0 Å². The maximum Gasteiger partial charge on any atom is 0.253 e. The van der Waals surface area contributed by atoms with Crippen LogP contribution in [0.3, 0.4) is 0 Å². The molecule has 2 aromatic carbocycles. The molecule has 0 radical (unpaired) electrons. The number of rotatable bonds is 7. The average molecular weight is 469 g/mol. The number of aryl methyl sites for hydroxylation is 1. The van der Waals surface area contributed by atoms with Gasteiger partial charge in [-0.1, -0.05) is 0 Å². The first-order chi connectivity index (χ1) is 17.0. The fraction of sp³-hybridized carbons (Fsp3) is 0.154. The number of carbonyl (C=O) groups excluding carboxylic acids is 1. The minimum absolute atomic E-state index is 0.226. The minimum Gasteiger partial charge on any atom is -0.457 e. The molecule has 176 valence electrons. The van der Waals surface area contributed by atoms with Crippen molar-refractivity contribution in [3.05, 3.63) is 79.0 Å². The van der Waals surface area contributed by atoms with Crippen LogP contribution in [0.5, 0.6) is 11.5 Å². The molecule has 35 heavy (non-hydrogen) atoms. The number of ether oxygens (including phenoxy) is 2. The number of hydrogen-bond donors (Lipinski definition) is 2. The van der Waals surface area contributed by atoms with Gasteiger partial charge in [-0.05, 0) is 61.9 Å². The van der Waals surface area contributed by atoms with Gasteiger partial charge in [0.2, 0.25) is 0 Å². The van der Waals surface area contributed by atoms with Gasteiger partial charge in [0.05, 0.1) is 5.52 Å². The zero-order valence-corrected chi connectivity index (χ0v) is 19.5. The van der Waals surface area contributed by atoms with Gasteiger partial charge in [-0.15, -0.1) is 0 Å². The Labute approximate surface area is 201 Å². The van der Waals surface area contributed by atoms with Gasteiger partial charge in [0.15, 0.2) is 0 Å². The Kier molecular flexibility index (Phi) is 5.99. The van der Waals surface area contributed by atoms with Gasteiger partial charge in [0.1, 0.15) is 35.4 Å². The van der Waals surface area contributed by atoms with Crippen LogP contribution in [0.4, 0.5) is 17.2 Å². The predicted molar refractivity (Wildman–Crippen MR) is 134 cm³/mol. The molecule has 0 aliphatic rings. The number of fused-ring (bicyclic) bond motifs is 2. The molecule has 0 saturated carbocycles. The van der Waals surface area contributed by atoms with Crippen molar-refractivity contribution in [2.24, 2.45) is 0 Å². The van der Waals surface area contributed by atoms with Crippen LogP contribution >= 0.6 is 0 Å². The number of pyridine rings is 1. The minimum atomic E-state index is -0.555. The Morgan fingerprint density at radius 3 is 2.69 bits per heavy atom. The van der Waals surface area contributed by atoms with Gasteiger partial charge in [-0.25, -0.2) is 15.0 Å². The Bertz CT molecular complexity index is 1530. The number of benzene rings is 2. The molecule has 2 N–H and O–H groups in total. The van der Waals surface area contributed by atoms with E-state index in [-0.39, 0.29) is 5.91 Å². The molecular formula is C26H24N6O3. The van der Waals surface area contributed by atoms with Crippen LogP contribution in [-0.2, 0) is 9.53 Å². The van der Waals surface area contributed by atoms with Gasteiger partial charge < -0.3 is 24.5 Å². The summed E-state index contributed by atoms with van der Waals surface area (Å²) in [6.45, 7) is 3.68. The predicted octanol–water partition coefficient (Wildman–Crippen LogP) is 5.10. The van der Waals surface area contributed by atoms with E-state index in [1.165, 1.54) is 13.4 Å². The van der Waals surface area contributed by atoms with Crippen molar-refractivity contribution in [2.75, 3.05) is 17.7 Å². The third-order valence-electron chi connectivity index (χ3n) is 5.66. The first-order valence-corrected chi connectivity index (χ1v) is 11.1. The Morgan fingerprint density at radius 1 is 1.00 bits per heavy atom. The molecular weight excluding hydrogens is 444 g/mol. The highest BCUT2D eigenvalue weighted by Crippen LogP contribution is 2.31. The summed E-state index contributed by atoms with van der Waals surface area (Å²) in [6, 6.07) is 15.1. The number of hydrogen-bond acceptors (Lipinski definition) is 7. The van der Waals surface area contributed by atoms with Crippen molar-refractivity contribution in [1.82, 2.24) is 19.4 Å². The summed E-state index contributed by atoms with van der Waals surface area (Å²) in [5.41, 5.74) is 4.02. The van der Waals surface area contributed by atoms with Gasteiger partial charge in [0.25, 0.3) is 5.91 Å². The highest BCUT2D eigenvalue weighted by atomic mass is 16.5. The number of nitrogens with zero attached hydrogens (tertiary/aromatic N) is 4. The summed E-state index contributed by atoms with van der Waals surface area (Å²) in [4.78, 5) is 25.3. The number of methoxy groups -OCH3 is 1. The van der Waals surface area contributed by atoms with Crippen LogP contribution in [0, 0.1) is 6.92 Å². The first kappa shape index (κ1) is 22.3. The molecule has 1 unspecified atom stereocenters. The largest absolute Gasteiger partial charge is 0.457 e. The summed E-state index contributed by atoms with van der Waals surface area (Å²) >= 11 is 0. The zero-order valence-electron chi connectivity index (χ0n) is 19.5. The molecule has 0 aliphatic carbocycles. The quantitative estimate of drug-likeness (QED) is 0.343. The maximum absolute atomic E-state index is 12.2. The van der Waals surface area contributed by atoms with Crippen LogP contribution < -0.4 is 15.4 Å². The van der Waals surface area contributed by atoms with E-state index < -0.39 is 6.10 Å². The van der Waals surface area contributed by atoms with Crippen molar-refractivity contribution in [2.45, 2.75) is 20.0 Å². The SMILES string of the molecule is COC(C)C(=O)Nc1ccc2ncnc(Nc3ccc(Oc4ccn5ccnc5c4)c(C)c3)c2c1. The molecule has 0 saturated heterocycles. The fourth-order valence-electron chi connectivity index (χ4n) is 3.65. The number of amides is 1. The lowest BCUT2D eigenvalue weighted by Gasteiger charge is -2.14. The Morgan fingerprint density at radius 2 is 1.86 bits per heavy atom. The third kappa shape index (κ3) is 4.75. The number of imidazole rings is 1. The number of anilines is 3. The standard InChI is InChI=1S/C26H24N6O3/c1-16-12-18(5-7-23(16)35-20-8-10-32-11-9-27-24(32)14-20)30-25-21-13-19(31-26(33)17(2)34-3)4-6-22(21)28-15-29-25/h4-15,17H,1-3H3,(H,31,33)(H,28,29,30). The highest BCUT2D eigenvalue weighted by Gasteiger charge is 2.13. The average Bonchev–Trinajstić information content (AvgIpc) is 3.33. The van der Waals surface area contributed by atoms with E-state index in [2.05, 4.69) is 25.6 Å². The topological polar surface area (TPSA) is 103 Å². The van der Waals surface area contributed by atoms with Crippen molar-refractivity contribution >= 4 is 39.6 Å². The number of carbonyl (C=O) groups is 1. The molecule has 5 rings (SSSR count). The van der Waals surface area contributed by atoms with E-state index in [0.717, 1.165) is 33.6 Å². The summed E-state index contributed by atoms with van der Waals surface area (Å²) < 4.78 is 13.1. The zero-order chi connectivity index (χ0) is 24.4. The van der Waals surface area contributed by atoms with Crippen molar-refractivity contribution in [3.8, 4) is 11.5 Å². The highest BCUT2D eigenvalue weighted by molar-refractivity contribution is 5.98. The van der Waals surface area contributed by atoms with E-state index >= 15 is 0 Å². The molecule has 9 heteroatoms. The second-order valence-corrected chi connectivity index (χ2v) is 8.08. The fourth-order valence-corrected chi connectivity index (χ4v) is 3.65. The van der Waals surface area contributed by atoms with E-state index in [9.17, 15) is 4.79 Å². The monoisotopic (exact) mass is 468 g/mol. The van der Waals surface area contributed by atoms with Gasteiger partial charge >= 0.3 is 0 Å². The van der Waals surface area contributed by atoms with Crippen molar-refractivity contribution in [3.63, 3.8) is 0 Å². The molecule has 0 aliphatic heterocycles. The molecule has 1 atom stereocenters. The normalized spacial score (nSPS) is 12.0. The van der Waals surface area contributed by atoms with Gasteiger partial charge in [0, 0.05) is 48.5 Å². The number of aromatic nitrogens is 4. The van der Waals surface area contributed by atoms with Gasteiger partial charge in [-0.3, -0.25) is 4.79 Å². The van der Waals surface area contributed by atoms with Crippen LogP contribution in [0.25, 0.3) is 16.6 Å². The first-order valence-electron chi connectivity index (χ1n) is 11.1.